The zero-order valence-electron chi connectivity index (χ0n) is 9.12. The number of amides is 1. The summed E-state index contributed by atoms with van der Waals surface area (Å²) >= 11 is 1.74. The molecule has 0 bridgehead atoms. The molecule has 1 aromatic rings. The third-order valence-corrected chi connectivity index (χ3v) is 4.03. The summed E-state index contributed by atoms with van der Waals surface area (Å²) in [5, 5.41) is 4.41. The van der Waals surface area contributed by atoms with Crippen LogP contribution in [0.2, 0.25) is 0 Å². The van der Waals surface area contributed by atoms with Gasteiger partial charge in [-0.3, -0.25) is 4.79 Å². The summed E-state index contributed by atoms with van der Waals surface area (Å²) < 4.78 is 0. The lowest BCUT2D eigenvalue weighted by Crippen LogP contribution is -2.43. The maximum absolute atomic E-state index is 11.6. The number of nitrogens with one attached hydrogen (secondary N) is 2. The van der Waals surface area contributed by atoms with Gasteiger partial charge in [0.25, 0.3) is 5.91 Å². The minimum absolute atomic E-state index is 0.0464. The van der Waals surface area contributed by atoms with Gasteiger partial charge in [-0.2, -0.15) is 0 Å². The Morgan fingerprint density at radius 2 is 2.38 bits per heavy atom. The van der Waals surface area contributed by atoms with Crippen LogP contribution in [0.5, 0.6) is 0 Å². The lowest BCUT2D eigenvalue weighted by molar-refractivity contribution is 0.0943. The van der Waals surface area contributed by atoms with Crippen molar-refractivity contribution in [3.8, 4) is 0 Å². The third-order valence-electron chi connectivity index (χ3n) is 2.80. The molecule has 1 aliphatic carbocycles. The summed E-state index contributed by atoms with van der Waals surface area (Å²) in [5.41, 5.74) is 0.608. The van der Waals surface area contributed by atoms with E-state index in [4.69, 9.17) is 0 Å². The largest absolute Gasteiger partial charge is 0.337 e. The summed E-state index contributed by atoms with van der Waals surface area (Å²) in [6.07, 6.45) is 2.53. The van der Waals surface area contributed by atoms with E-state index in [0.29, 0.717) is 17.6 Å². The van der Waals surface area contributed by atoms with Crippen LogP contribution in [0.15, 0.2) is 5.16 Å². The maximum atomic E-state index is 11.6. The van der Waals surface area contributed by atoms with Crippen LogP contribution in [0, 0.1) is 0 Å². The Labute approximate surface area is 98.0 Å². The van der Waals surface area contributed by atoms with Crippen LogP contribution in [0.25, 0.3) is 0 Å². The topological polar surface area (TPSA) is 61.0 Å². The molecule has 0 spiro atoms. The first-order valence-corrected chi connectivity index (χ1v) is 6.45. The number of nitrogens with zero attached hydrogens (tertiary/aromatic N) is 2. The van der Waals surface area contributed by atoms with E-state index in [-0.39, 0.29) is 5.91 Å². The van der Waals surface area contributed by atoms with Crippen molar-refractivity contribution < 1.29 is 4.79 Å². The number of anilines is 1. The average Bonchev–Trinajstić information content (AvgIpc) is 2.97. The molecule has 3 rings (SSSR count). The predicted molar refractivity (Wildman–Crippen MR) is 62.8 cm³/mol. The number of rotatable bonds is 3. The van der Waals surface area contributed by atoms with Gasteiger partial charge in [0.2, 0.25) is 0 Å². The fourth-order valence-electron chi connectivity index (χ4n) is 1.72. The Hall–Kier alpha value is -1.17. The van der Waals surface area contributed by atoms with E-state index in [1.54, 1.807) is 11.8 Å². The first-order valence-electron chi connectivity index (χ1n) is 5.57. The van der Waals surface area contributed by atoms with Gasteiger partial charge in [-0.15, -0.1) is 0 Å². The number of aromatic amines is 1. The second-order valence-electron chi connectivity index (χ2n) is 4.08. The molecule has 2 aliphatic rings. The molecule has 0 unspecified atom stereocenters. The number of aromatic nitrogens is 2. The summed E-state index contributed by atoms with van der Waals surface area (Å²) in [6.45, 7) is 3.47. The van der Waals surface area contributed by atoms with Gasteiger partial charge in [-0.1, -0.05) is 11.8 Å². The quantitative estimate of drug-likeness (QED) is 0.830. The third kappa shape index (κ3) is 1.67. The van der Waals surface area contributed by atoms with Gasteiger partial charge in [0, 0.05) is 11.8 Å². The van der Waals surface area contributed by atoms with Crippen LogP contribution in [0.3, 0.4) is 0 Å². The van der Waals surface area contributed by atoms with Crippen LogP contribution < -0.4 is 10.2 Å². The van der Waals surface area contributed by atoms with E-state index in [1.165, 1.54) is 12.8 Å². The van der Waals surface area contributed by atoms with Gasteiger partial charge < -0.3 is 15.2 Å². The molecular formula is C10H14N4OS. The smallest absolute Gasteiger partial charge is 0.273 e. The Kier molecular flexibility index (Phi) is 2.31. The van der Waals surface area contributed by atoms with Crippen molar-refractivity contribution in [1.82, 2.24) is 15.3 Å². The second kappa shape index (κ2) is 3.69. The van der Waals surface area contributed by atoms with E-state index >= 15 is 0 Å². The van der Waals surface area contributed by atoms with E-state index in [2.05, 4.69) is 27.1 Å². The molecule has 1 aromatic heterocycles. The molecule has 86 valence electrons. The average molecular weight is 238 g/mol. The minimum atomic E-state index is -0.0464. The summed E-state index contributed by atoms with van der Waals surface area (Å²) in [7, 11) is 0. The standard InChI is InChI=1S/C10H14N4OS/c1-2-14-5-11-9(15)7-8(14)13-10(12-7)16-6-3-4-6/h6H,2-5H2,1H3,(H,11,15)(H,12,13). The predicted octanol–water partition coefficient (Wildman–Crippen LogP) is 1.19. The number of carbonyl (C=O) groups is 1. The monoisotopic (exact) mass is 238 g/mol. The Bertz CT molecular complexity index is 426. The van der Waals surface area contributed by atoms with Gasteiger partial charge in [-0.25, -0.2) is 4.98 Å². The lowest BCUT2D eigenvalue weighted by Gasteiger charge is -2.25. The Morgan fingerprint density at radius 1 is 1.56 bits per heavy atom. The fraction of sp³-hybridized carbons (Fsp3) is 0.600. The van der Waals surface area contributed by atoms with Crippen LogP contribution >= 0.6 is 11.8 Å². The van der Waals surface area contributed by atoms with Gasteiger partial charge in [-0.05, 0) is 19.8 Å². The highest BCUT2D eigenvalue weighted by atomic mass is 32.2. The fourth-order valence-corrected chi connectivity index (χ4v) is 2.71. The van der Waals surface area contributed by atoms with Crippen molar-refractivity contribution in [2.45, 2.75) is 30.2 Å². The van der Waals surface area contributed by atoms with Crippen molar-refractivity contribution in [1.29, 1.82) is 0 Å². The molecule has 2 heterocycles. The van der Waals surface area contributed by atoms with Gasteiger partial charge in [0.1, 0.15) is 5.69 Å². The number of hydrogen-bond donors (Lipinski definition) is 2. The van der Waals surface area contributed by atoms with Gasteiger partial charge >= 0.3 is 0 Å². The molecule has 5 nitrogen and oxygen atoms in total. The maximum Gasteiger partial charge on any atom is 0.273 e. The summed E-state index contributed by atoms with van der Waals surface area (Å²) in [6, 6.07) is 0. The molecular weight excluding hydrogens is 224 g/mol. The highest BCUT2D eigenvalue weighted by Crippen LogP contribution is 2.39. The molecule has 2 N–H and O–H groups in total. The van der Waals surface area contributed by atoms with E-state index in [0.717, 1.165) is 17.5 Å². The van der Waals surface area contributed by atoms with Crippen LogP contribution in [-0.4, -0.2) is 34.3 Å². The van der Waals surface area contributed by atoms with E-state index in [9.17, 15) is 4.79 Å². The Morgan fingerprint density at radius 3 is 3.06 bits per heavy atom. The molecule has 1 amide bonds. The van der Waals surface area contributed by atoms with Gasteiger partial charge in [0.05, 0.1) is 6.67 Å². The minimum Gasteiger partial charge on any atom is -0.337 e. The zero-order chi connectivity index (χ0) is 11.1. The molecule has 0 saturated heterocycles. The molecule has 0 radical (unpaired) electrons. The number of hydrogen-bond acceptors (Lipinski definition) is 4. The van der Waals surface area contributed by atoms with Crippen molar-refractivity contribution in [3.05, 3.63) is 5.69 Å². The summed E-state index contributed by atoms with van der Waals surface area (Å²) in [5.74, 6) is 0.754. The highest BCUT2D eigenvalue weighted by molar-refractivity contribution is 8.00. The SMILES string of the molecule is CCN1CNC(=O)c2[nH]c(SC3CC3)nc21. The van der Waals surface area contributed by atoms with Crippen LogP contribution in [0.4, 0.5) is 5.82 Å². The molecule has 0 atom stereocenters. The molecule has 1 aliphatic heterocycles. The molecule has 1 saturated carbocycles. The van der Waals surface area contributed by atoms with Crippen molar-refractivity contribution in [2.75, 3.05) is 18.1 Å². The van der Waals surface area contributed by atoms with Crippen LogP contribution in [0.1, 0.15) is 30.3 Å². The summed E-state index contributed by atoms with van der Waals surface area (Å²) in [4.78, 5) is 21.3. The van der Waals surface area contributed by atoms with Crippen molar-refractivity contribution >= 4 is 23.5 Å². The molecule has 16 heavy (non-hydrogen) atoms. The molecule has 1 fully saturated rings. The number of thioether (sulfide) groups is 1. The first kappa shape index (κ1) is 10.0. The lowest BCUT2D eigenvalue weighted by atomic mass is 10.3. The first-order chi connectivity index (χ1) is 7.78. The zero-order valence-corrected chi connectivity index (χ0v) is 9.93. The van der Waals surface area contributed by atoms with E-state index in [1.807, 2.05) is 0 Å². The van der Waals surface area contributed by atoms with Crippen molar-refractivity contribution in [2.24, 2.45) is 0 Å². The molecule has 6 heteroatoms. The molecule has 0 aromatic carbocycles. The van der Waals surface area contributed by atoms with Gasteiger partial charge in [0.15, 0.2) is 11.0 Å². The highest BCUT2D eigenvalue weighted by Gasteiger charge is 2.29. The van der Waals surface area contributed by atoms with Crippen LogP contribution in [-0.2, 0) is 0 Å². The second-order valence-corrected chi connectivity index (χ2v) is 5.37. The van der Waals surface area contributed by atoms with Crippen molar-refractivity contribution in [3.63, 3.8) is 0 Å². The number of H-pyrrole nitrogens is 1. The van der Waals surface area contributed by atoms with E-state index < -0.39 is 0 Å². The number of imidazole rings is 1. The number of fused-ring (bicyclic) bond motifs is 1. The normalized spacial score (nSPS) is 19.6. The Balaban J connectivity index is 1.91. The number of carbonyl (C=O) groups excluding carboxylic acids is 1.